The molecule has 2 rings (SSSR count). The zero-order valence-corrected chi connectivity index (χ0v) is 10.2. The largest absolute Gasteiger partial charge is 0.347 e. The molecule has 1 heterocycles. The summed E-state index contributed by atoms with van der Waals surface area (Å²) in [6.07, 6.45) is 4.41. The molecule has 0 atom stereocenters. The van der Waals surface area contributed by atoms with E-state index >= 15 is 0 Å². The van der Waals surface area contributed by atoms with E-state index in [2.05, 4.69) is 42.8 Å². The van der Waals surface area contributed by atoms with Crippen molar-refractivity contribution in [2.45, 2.75) is 33.2 Å². The zero-order valence-electron chi connectivity index (χ0n) is 10.2. The van der Waals surface area contributed by atoms with Gasteiger partial charge >= 0.3 is 0 Å². The Kier molecular flexibility index (Phi) is 3.30. The molecular formula is C14H20N2. The Morgan fingerprint density at radius 1 is 1.31 bits per heavy atom. The van der Waals surface area contributed by atoms with Gasteiger partial charge in [0.1, 0.15) is 0 Å². The average Bonchev–Trinajstić information content (AvgIpc) is 2.64. The number of fused-ring (bicyclic) bond motifs is 1. The monoisotopic (exact) mass is 216 g/mol. The summed E-state index contributed by atoms with van der Waals surface area (Å²) in [5.74, 6) is 0. The first kappa shape index (κ1) is 11.2. The topological polar surface area (TPSA) is 30.9 Å². The maximum absolute atomic E-state index is 5.58. The third kappa shape index (κ3) is 1.98. The van der Waals surface area contributed by atoms with Crippen molar-refractivity contribution in [3.05, 3.63) is 35.5 Å². The van der Waals surface area contributed by atoms with Gasteiger partial charge in [0.2, 0.25) is 0 Å². The van der Waals surface area contributed by atoms with Crippen LogP contribution in [0.25, 0.3) is 10.9 Å². The minimum atomic E-state index is 0.757. The van der Waals surface area contributed by atoms with Crippen LogP contribution >= 0.6 is 0 Å². The second kappa shape index (κ2) is 4.71. The summed E-state index contributed by atoms with van der Waals surface area (Å²) >= 11 is 0. The van der Waals surface area contributed by atoms with E-state index in [9.17, 15) is 0 Å². The average molecular weight is 216 g/mol. The van der Waals surface area contributed by atoms with Gasteiger partial charge < -0.3 is 10.3 Å². The van der Waals surface area contributed by atoms with Crippen molar-refractivity contribution >= 4 is 10.9 Å². The van der Waals surface area contributed by atoms with Crippen molar-refractivity contribution in [1.82, 2.24) is 4.57 Å². The standard InChI is InChI=1S/C14H20N2/c1-3-12-10-16(8-4-7-15)14-9-11(2)5-6-13(12)14/h5-6,9-10H,3-4,7-8,15H2,1-2H3. The van der Waals surface area contributed by atoms with Crippen molar-refractivity contribution in [3.63, 3.8) is 0 Å². The summed E-state index contributed by atoms with van der Waals surface area (Å²) in [5, 5.41) is 1.39. The number of benzene rings is 1. The number of nitrogens with two attached hydrogens (primary N) is 1. The zero-order chi connectivity index (χ0) is 11.5. The minimum Gasteiger partial charge on any atom is -0.347 e. The van der Waals surface area contributed by atoms with Crippen molar-refractivity contribution in [3.8, 4) is 0 Å². The molecule has 2 N–H and O–H groups in total. The molecule has 1 aromatic carbocycles. The lowest BCUT2D eigenvalue weighted by Crippen LogP contribution is -2.04. The van der Waals surface area contributed by atoms with Gasteiger partial charge in [-0.05, 0) is 43.5 Å². The van der Waals surface area contributed by atoms with Crippen LogP contribution in [0.15, 0.2) is 24.4 Å². The Balaban J connectivity index is 2.50. The molecule has 0 aliphatic carbocycles. The summed E-state index contributed by atoms with van der Waals surface area (Å²) in [6, 6.07) is 6.70. The Morgan fingerprint density at radius 2 is 2.12 bits per heavy atom. The van der Waals surface area contributed by atoms with E-state index < -0.39 is 0 Å². The molecule has 0 saturated carbocycles. The van der Waals surface area contributed by atoms with E-state index in [0.29, 0.717) is 0 Å². The number of nitrogens with zero attached hydrogens (tertiary/aromatic N) is 1. The molecule has 0 aliphatic heterocycles. The molecule has 0 unspecified atom stereocenters. The van der Waals surface area contributed by atoms with Crippen molar-refractivity contribution < 1.29 is 0 Å². The molecule has 1 aromatic heterocycles. The number of aryl methyl sites for hydroxylation is 3. The highest BCUT2D eigenvalue weighted by atomic mass is 15.0. The second-order valence-corrected chi connectivity index (χ2v) is 4.36. The van der Waals surface area contributed by atoms with Gasteiger partial charge in [-0.25, -0.2) is 0 Å². The van der Waals surface area contributed by atoms with Gasteiger partial charge in [0, 0.05) is 23.6 Å². The highest BCUT2D eigenvalue weighted by molar-refractivity contribution is 5.84. The van der Waals surface area contributed by atoms with Gasteiger partial charge in [-0.15, -0.1) is 0 Å². The lowest BCUT2D eigenvalue weighted by molar-refractivity contribution is 0.669. The van der Waals surface area contributed by atoms with Crippen LogP contribution in [-0.2, 0) is 13.0 Å². The van der Waals surface area contributed by atoms with E-state index in [1.165, 1.54) is 22.0 Å². The number of aromatic nitrogens is 1. The molecule has 86 valence electrons. The Hall–Kier alpha value is -1.28. The minimum absolute atomic E-state index is 0.757. The first-order valence-corrected chi connectivity index (χ1v) is 6.04. The summed E-state index contributed by atoms with van der Waals surface area (Å²) in [4.78, 5) is 0. The smallest absolute Gasteiger partial charge is 0.0485 e. The summed E-state index contributed by atoms with van der Waals surface area (Å²) < 4.78 is 2.34. The van der Waals surface area contributed by atoms with Crippen molar-refractivity contribution in [2.75, 3.05) is 6.54 Å². The fourth-order valence-electron chi connectivity index (χ4n) is 2.21. The lowest BCUT2D eigenvalue weighted by atomic mass is 10.1. The van der Waals surface area contributed by atoms with Crippen LogP contribution in [-0.4, -0.2) is 11.1 Å². The SMILES string of the molecule is CCc1cn(CCCN)c2cc(C)ccc12. The van der Waals surface area contributed by atoms with Crippen LogP contribution in [0.1, 0.15) is 24.5 Å². The molecule has 0 radical (unpaired) electrons. The van der Waals surface area contributed by atoms with Crippen LogP contribution in [0.3, 0.4) is 0 Å². The van der Waals surface area contributed by atoms with Gasteiger partial charge in [0.05, 0.1) is 0 Å². The van der Waals surface area contributed by atoms with Gasteiger partial charge in [-0.3, -0.25) is 0 Å². The molecule has 2 aromatic rings. The van der Waals surface area contributed by atoms with E-state index in [-0.39, 0.29) is 0 Å². The molecule has 16 heavy (non-hydrogen) atoms. The molecule has 0 saturated heterocycles. The van der Waals surface area contributed by atoms with E-state index in [1.54, 1.807) is 0 Å². The molecule has 0 aliphatic rings. The quantitative estimate of drug-likeness (QED) is 0.837. The van der Waals surface area contributed by atoms with Crippen molar-refractivity contribution in [2.24, 2.45) is 5.73 Å². The normalized spacial score (nSPS) is 11.2. The van der Waals surface area contributed by atoms with Crippen LogP contribution in [0.4, 0.5) is 0 Å². The van der Waals surface area contributed by atoms with Crippen LogP contribution in [0.2, 0.25) is 0 Å². The summed E-state index contributed by atoms with van der Waals surface area (Å²) in [5.41, 5.74) is 9.69. The van der Waals surface area contributed by atoms with Gasteiger partial charge in [0.15, 0.2) is 0 Å². The second-order valence-electron chi connectivity index (χ2n) is 4.36. The fourth-order valence-corrected chi connectivity index (χ4v) is 2.21. The third-order valence-electron chi connectivity index (χ3n) is 3.10. The van der Waals surface area contributed by atoms with E-state index in [4.69, 9.17) is 5.73 Å². The van der Waals surface area contributed by atoms with E-state index in [0.717, 1.165) is 25.9 Å². The van der Waals surface area contributed by atoms with Crippen LogP contribution < -0.4 is 5.73 Å². The van der Waals surface area contributed by atoms with Gasteiger partial charge in [0.25, 0.3) is 0 Å². The highest BCUT2D eigenvalue weighted by Gasteiger charge is 2.06. The first-order chi connectivity index (χ1) is 7.76. The van der Waals surface area contributed by atoms with Gasteiger partial charge in [-0.2, -0.15) is 0 Å². The predicted molar refractivity (Wildman–Crippen MR) is 69.7 cm³/mol. The number of rotatable bonds is 4. The summed E-state index contributed by atoms with van der Waals surface area (Å²) in [6.45, 7) is 6.14. The molecule has 0 bridgehead atoms. The maximum Gasteiger partial charge on any atom is 0.0485 e. The third-order valence-corrected chi connectivity index (χ3v) is 3.10. The Bertz CT molecular complexity index is 483. The molecule has 2 nitrogen and oxygen atoms in total. The number of hydrogen-bond acceptors (Lipinski definition) is 1. The Morgan fingerprint density at radius 3 is 2.81 bits per heavy atom. The Labute approximate surface area is 97.1 Å². The van der Waals surface area contributed by atoms with E-state index in [1.807, 2.05) is 0 Å². The van der Waals surface area contributed by atoms with Crippen molar-refractivity contribution in [1.29, 1.82) is 0 Å². The summed E-state index contributed by atoms with van der Waals surface area (Å²) in [7, 11) is 0. The van der Waals surface area contributed by atoms with Gasteiger partial charge in [-0.1, -0.05) is 19.1 Å². The first-order valence-electron chi connectivity index (χ1n) is 6.04. The predicted octanol–water partition coefficient (Wildman–Crippen LogP) is 2.86. The fraction of sp³-hybridized carbons (Fsp3) is 0.429. The lowest BCUT2D eigenvalue weighted by Gasteiger charge is -2.04. The van der Waals surface area contributed by atoms with Crippen LogP contribution in [0, 0.1) is 6.92 Å². The number of hydrogen-bond donors (Lipinski definition) is 1. The molecule has 2 heteroatoms. The highest BCUT2D eigenvalue weighted by Crippen LogP contribution is 2.23. The molecule has 0 amide bonds. The molecule has 0 spiro atoms. The molecular weight excluding hydrogens is 196 g/mol. The molecule has 0 fully saturated rings. The maximum atomic E-state index is 5.58. The van der Waals surface area contributed by atoms with Crippen LogP contribution in [0.5, 0.6) is 0 Å².